The summed E-state index contributed by atoms with van der Waals surface area (Å²) in [6.07, 6.45) is 12.8. The minimum absolute atomic E-state index is 0.0313. The second kappa shape index (κ2) is 11.9. The van der Waals surface area contributed by atoms with Gasteiger partial charge in [-0.25, -0.2) is 14.5 Å². The third kappa shape index (κ3) is 6.47. The fourth-order valence-electron chi connectivity index (χ4n) is 5.04. The first-order chi connectivity index (χ1) is 18.2. The Morgan fingerprint density at radius 1 is 0.973 bits per heavy atom. The molecule has 1 saturated carbocycles. The Kier molecular flexibility index (Phi) is 7.98. The van der Waals surface area contributed by atoms with Gasteiger partial charge in [0.2, 0.25) is 0 Å². The lowest BCUT2D eigenvalue weighted by Gasteiger charge is -2.34. The van der Waals surface area contributed by atoms with Crippen molar-refractivity contribution in [3.05, 3.63) is 66.6 Å². The number of amides is 3. The number of piperazine rings is 1. The number of hydrogen-bond acceptors (Lipinski definition) is 5. The van der Waals surface area contributed by atoms with Gasteiger partial charge >= 0.3 is 6.03 Å². The van der Waals surface area contributed by atoms with Gasteiger partial charge in [0.05, 0.1) is 18.5 Å². The number of anilines is 1. The van der Waals surface area contributed by atoms with E-state index in [9.17, 15) is 9.59 Å². The highest BCUT2D eigenvalue weighted by Gasteiger charge is 2.25. The number of aromatic nitrogens is 3. The maximum Gasteiger partial charge on any atom is 0.322 e. The van der Waals surface area contributed by atoms with Crippen LogP contribution in [0.25, 0.3) is 5.82 Å². The summed E-state index contributed by atoms with van der Waals surface area (Å²) in [4.78, 5) is 33.7. The van der Waals surface area contributed by atoms with Gasteiger partial charge in [-0.15, -0.1) is 0 Å². The van der Waals surface area contributed by atoms with Crippen LogP contribution in [0.2, 0.25) is 0 Å². The van der Waals surface area contributed by atoms with Crippen LogP contribution in [0.4, 0.5) is 10.5 Å². The van der Waals surface area contributed by atoms with Crippen LogP contribution in [0.5, 0.6) is 5.75 Å². The Morgan fingerprint density at radius 2 is 1.78 bits per heavy atom. The molecule has 2 aromatic heterocycles. The Bertz CT molecular complexity index is 1170. The molecule has 2 fully saturated rings. The lowest BCUT2D eigenvalue weighted by atomic mass is 9.87. The molecule has 1 saturated heterocycles. The molecule has 2 aliphatic rings. The summed E-state index contributed by atoms with van der Waals surface area (Å²) in [5.41, 5.74) is 1.23. The highest BCUT2D eigenvalue weighted by atomic mass is 16.5. The van der Waals surface area contributed by atoms with Crippen molar-refractivity contribution in [3.8, 4) is 11.6 Å². The molecule has 3 heterocycles. The van der Waals surface area contributed by atoms with E-state index in [4.69, 9.17) is 4.74 Å². The maximum atomic E-state index is 13.1. The van der Waals surface area contributed by atoms with E-state index in [1.54, 1.807) is 39.0 Å². The Labute approximate surface area is 217 Å². The molecule has 5 rings (SSSR count). The molecule has 1 aliphatic heterocycles. The fourth-order valence-corrected chi connectivity index (χ4v) is 5.04. The number of carbonyl (C=O) groups excluding carboxylic acids is 2. The third-order valence-corrected chi connectivity index (χ3v) is 7.19. The fraction of sp³-hybridized carbons (Fsp3) is 0.429. The summed E-state index contributed by atoms with van der Waals surface area (Å²) < 4.78 is 7.63. The summed E-state index contributed by atoms with van der Waals surface area (Å²) in [5, 5.41) is 7.03. The van der Waals surface area contributed by atoms with Crippen LogP contribution in [-0.4, -0.2) is 69.3 Å². The highest BCUT2D eigenvalue weighted by Crippen LogP contribution is 2.26. The maximum absolute atomic E-state index is 13.1. The van der Waals surface area contributed by atoms with Crippen molar-refractivity contribution >= 4 is 17.6 Å². The zero-order chi connectivity index (χ0) is 25.5. The van der Waals surface area contributed by atoms with E-state index < -0.39 is 0 Å². The molecule has 1 aromatic carbocycles. The molecule has 0 spiro atoms. The predicted octanol–water partition coefficient (Wildman–Crippen LogP) is 4.61. The van der Waals surface area contributed by atoms with Gasteiger partial charge in [0.15, 0.2) is 5.82 Å². The van der Waals surface area contributed by atoms with Gasteiger partial charge in [-0.2, -0.15) is 5.10 Å². The second-order valence-electron chi connectivity index (χ2n) is 9.73. The van der Waals surface area contributed by atoms with Crippen molar-refractivity contribution in [1.29, 1.82) is 0 Å². The molecule has 0 unspecified atom stereocenters. The van der Waals surface area contributed by atoms with Gasteiger partial charge in [-0.05, 0) is 48.7 Å². The van der Waals surface area contributed by atoms with Crippen molar-refractivity contribution < 1.29 is 14.3 Å². The van der Waals surface area contributed by atoms with Gasteiger partial charge in [0.25, 0.3) is 5.91 Å². The lowest BCUT2D eigenvalue weighted by Crippen LogP contribution is -2.51. The van der Waals surface area contributed by atoms with Crippen LogP contribution in [0, 0.1) is 5.92 Å². The molecule has 9 heteroatoms. The summed E-state index contributed by atoms with van der Waals surface area (Å²) in [7, 11) is 0. The average Bonchev–Trinajstić information content (AvgIpc) is 3.49. The normalized spacial score (nSPS) is 16.4. The van der Waals surface area contributed by atoms with Crippen LogP contribution in [0.15, 0.2) is 61.1 Å². The Morgan fingerprint density at radius 3 is 2.51 bits per heavy atom. The molecule has 9 nitrogen and oxygen atoms in total. The smallest absolute Gasteiger partial charge is 0.322 e. The average molecular weight is 503 g/mol. The summed E-state index contributed by atoms with van der Waals surface area (Å²) in [5.74, 6) is 2.15. The van der Waals surface area contributed by atoms with Gasteiger partial charge in [-0.1, -0.05) is 38.2 Å². The van der Waals surface area contributed by atoms with E-state index in [0.717, 1.165) is 18.1 Å². The van der Waals surface area contributed by atoms with Gasteiger partial charge < -0.3 is 19.9 Å². The predicted molar refractivity (Wildman–Crippen MR) is 141 cm³/mol. The van der Waals surface area contributed by atoms with E-state index >= 15 is 0 Å². The largest absolute Gasteiger partial charge is 0.494 e. The van der Waals surface area contributed by atoms with E-state index in [1.807, 2.05) is 36.5 Å². The number of benzene rings is 1. The summed E-state index contributed by atoms with van der Waals surface area (Å²) >= 11 is 0. The van der Waals surface area contributed by atoms with Gasteiger partial charge in [-0.3, -0.25) is 4.79 Å². The molecule has 0 atom stereocenters. The molecular weight excluding hydrogens is 468 g/mol. The summed E-state index contributed by atoms with van der Waals surface area (Å²) in [6.45, 7) is 2.59. The van der Waals surface area contributed by atoms with Crippen LogP contribution in [0.3, 0.4) is 0 Å². The van der Waals surface area contributed by atoms with Crippen molar-refractivity contribution in [3.63, 3.8) is 0 Å². The van der Waals surface area contributed by atoms with E-state index in [1.165, 1.54) is 32.1 Å². The van der Waals surface area contributed by atoms with Crippen LogP contribution in [0.1, 0.15) is 48.9 Å². The number of hydrogen-bond donors (Lipinski definition) is 1. The molecule has 194 valence electrons. The quantitative estimate of drug-likeness (QED) is 0.510. The molecule has 0 radical (unpaired) electrons. The van der Waals surface area contributed by atoms with Gasteiger partial charge in [0, 0.05) is 44.1 Å². The zero-order valence-electron chi connectivity index (χ0n) is 21.1. The van der Waals surface area contributed by atoms with Crippen molar-refractivity contribution in [1.82, 2.24) is 24.6 Å². The molecule has 3 amide bonds. The van der Waals surface area contributed by atoms with Crippen LogP contribution in [-0.2, 0) is 0 Å². The second-order valence-corrected chi connectivity index (χ2v) is 9.73. The Hall–Kier alpha value is -3.88. The first-order valence-corrected chi connectivity index (χ1v) is 13.2. The highest BCUT2D eigenvalue weighted by molar-refractivity contribution is 5.95. The summed E-state index contributed by atoms with van der Waals surface area (Å²) in [6, 6.07) is 12.7. The van der Waals surface area contributed by atoms with Crippen LogP contribution < -0.4 is 10.1 Å². The number of nitrogens with zero attached hydrogens (tertiary/aromatic N) is 5. The number of nitrogens with one attached hydrogen (secondary N) is 1. The topological polar surface area (TPSA) is 92.6 Å². The number of urea groups is 1. The van der Waals surface area contributed by atoms with Crippen molar-refractivity contribution in [2.75, 3.05) is 38.1 Å². The standard InChI is InChI=1S/C28H34N6O3/c35-27(23-8-4-9-25(20-23)37-19-12-22-6-2-1-3-7-22)32-15-17-33(18-16-32)28(36)31-24-10-11-26(29-21-24)34-14-5-13-30-34/h4-5,8-11,13-14,20-22H,1-3,6-7,12,15-19H2,(H,31,36). The molecule has 3 aromatic rings. The zero-order valence-corrected chi connectivity index (χ0v) is 21.1. The van der Waals surface area contributed by atoms with Crippen molar-refractivity contribution in [2.24, 2.45) is 5.92 Å². The van der Waals surface area contributed by atoms with E-state index in [2.05, 4.69) is 15.4 Å². The molecular formula is C28H34N6O3. The Balaban J connectivity index is 1.08. The molecule has 0 bridgehead atoms. The number of rotatable bonds is 7. The lowest BCUT2D eigenvalue weighted by molar-refractivity contribution is 0.0671. The van der Waals surface area contributed by atoms with E-state index in [-0.39, 0.29) is 11.9 Å². The molecule has 1 N–H and O–H groups in total. The minimum Gasteiger partial charge on any atom is -0.494 e. The van der Waals surface area contributed by atoms with E-state index in [0.29, 0.717) is 49.9 Å². The van der Waals surface area contributed by atoms with Crippen molar-refractivity contribution in [2.45, 2.75) is 38.5 Å². The first kappa shape index (κ1) is 24.8. The SMILES string of the molecule is O=C(Nc1ccc(-n2cccn2)nc1)N1CCN(C(=O)c2cccc(OCCC3CCCCC3)c2)CC1. The number of pyridine rings is 1. The third-order valence-electron chi connectivity index (χ3n) is 7.19. The molecule has 37 heavy (non-hydrogen) atoms. The van der Waals surface area contributed by atoms with Gasteiger partial charge in [0.1, 0.15) is 5.75 Å². The minimum atomic E-state index is -0.200. The number of ether oxygens (including phenoxy) is 1. The first-order valence-electron chi connectivity index (χ1n) is 13.2. The van der Waals surface area contributed by atoms with Crippen LogP contribution >= 0.6 is 0 Å². The number of carbonyl (C=O) groups is 2. The molecule has 1 aliphatic carbocycles. The monoisotopic (exact) mass is 502 g/mol.